The minimum absolute atomic E-state index is 0. The number of benzene rings is 14. The van der Waals surface area contributed by atoms with Crippen LogP contribution in [0.15, 0.2) is 413 Å². The molecule has 5 nitrogen and oxygen atoms in total. The van der Waals surface area contributed by atoms with Crippen LogP contribution in [0.5, 0.6) is 11.5 Å². The molecule has 0 spiro atoms. The van der Waals surface area contributed by atoms with E-state index in [2.05, 4.69) is 369 Å². The van der Waals surface area contributed by atoms with Crippen molar-refractivity contribution in [2.75, 3.05) is 14.2 Å². The molecule has 0 radical (unpaired) electrons. The van der Waals surface area contributed by atoms with Gasteiger partial charge in [-0.25, -0.2) is 4.79 Å². The summed E-state index contributed by atoms with van der Waals surface area (Å²) in [6.07, 6.45) is 0.802. The van der Waals surface area contributed by atoms with Gasteiger partial charge in [0.25, 0.3) is 0 Å². The number of aromatic carboxylic acids is 1. The van der Waals surface area contributed by atoms with Gasteiger partial charge in [0.15, 0.2) is 11.5 Å². The maximum Gasteiger partial charge on any atom is 0.337 e. The molecule has 1 aliphatic rings. The number of rotatable bonds is 16. The molecule has 16 rings (SSSR count). The van der Waals surface area contributed by atoms with Gasteiger partial charge in [-0.2, -0.15) is 0 Å². The van der Waals surface area contributed by atoms with Crippen molar-refractivity contribution < 1.29 is 39.8 Å². The number of carboxylic acids is 1. The molecule has 0 aliphatic carbocycles. The number of hydrogen-bond donors (Lipinski definition) is 1. The molecule has 0 saturated heterocycles. The summed E-state index contributed by atoms with van der Waals surface area (Å²) in [5, 5.41) is 26.5. The SMILES string of the molecule is COc1cc2c(cc1OC)-c1cc(C(=O)O)c(-c3ccccc3)n1CC2.[Pd].c1ccc(P(c2ccccc2)c2ccccc2)cc1.c1ccc(P(c2ccccc2)c2ccccc2)cc1.c1ccc(P(c2ccccc2)c2ccccc2)cc1.c1ccc(P(c2ccccc2)c2ccccc2)cc1. The van der Waals surface area contributed by atoms with Gasteiger partial charge in [-0.1, -0.05) is 394 Å². The van der Waals surface area contributed by atoms with E-state index in [1.807, 2.05) is 42.5 Å². The van der Waals surface area contributed by atoms with E-state index in [1.54, 1.807) is 20.3 Å². The number of carbonyl (C=O) groups is 1. The van der Waals surface area contributed by atoms with Gasteiger partial charge in [0, 0.05) is 38.2 Å². The molecule has 103 heavy (non-hydrogen) atoms. The van der Waals surface area contributed by atoms with Gasteiger partial charge < -0.3 is 19.1 Å². The summed E-state index contributed by atoms with van der Waals surface area (Å²) in [7, 11) is 1.43. The fourth-order valence-electron chi connectivity index (χ4n) is 12.4. The van der Waals surface area contributed by atoms with Crippen LogP contribution in [0.4, 0.5) is 0 Å². The summed E-state index contributed by atoms with van der Waals surface area (Å²) in [6, 6.07) is 145. The molecule has 0 fully saturated rings. The number of aromatic nitrogens is 1. The van der Waals surface area contributed by atoms with Gasteiger partial charge in [0.2, 0.25) is 0 Å². The Morgan fingerprint density at radius 3 is 0.709 bits per heavy atom. The van der Waals surface area contributed by atoms with Crippen LogP contribution < -0.4 is 73.1 Å². The van der Waals surface area contributed by atoms with Crippen molar-refractivity contribution in [3.05, 3.63) is 424 Å². The molecule has 1 aliphatic heterocycles. The third kappa shape index (κ3) is 19.5. The number of nitrogens with zero attached hydrogens (tertiary/aromatic N) is 1. The molecule has 0 bridgehead atoms. The van der Waals surface area contributed by atoms with E-state index < -0.39 is 37.7 Å². The van der Waals surface area contributed by atoms with Crippen LogP contribution >= 0.6 is 31.7 Å². The Balaban J connectivity index is 0.000000130. The van der Waals surface area contributed by atoms with E-state index in [4.69, 9.17) is 9.47 Å². The fourth-order valence-corrected chi connectivity index (χ4v) is 21.6. The minimum Gasteiger partial charge on any atom is -0.493 e. The van der Waals surface area contributed by atoms with Crippen molar-refractivity contribution in [1.29, 1.82) is 0 Å². The van der Waals surface area contributed by atoms with Crippen LogP contribution in [0.25, 0.3) is 22.5 Å². The van der Waals surface area contributed by atoms with Gasteiger partial charge in [-0.3, -0.25) is 0 Å². The summed E-state index contributed by atoms with van der Waals surface area (Å²) in [5.41, 5.74) is 4.97. The van der Waals surface area contributed by atoms with Crippen molar-refractivity contribution in [2.24, 2.45) is 0 Å². The number of methoxy groups -OCH3 is 2. The molecule has 0 amide bonds. The van der Waals surface area contributed by atoms with E-state index in [9.17, 15) is 9.90 Å². The number of hydrogen-bond acceptors (Lipinski definition) is 3. The number of aryl methyl sites for hydroxylation is 1. The summed E-state index contributed by atoms with van der Waals surface area (Å²) in [4.78, 5) is 11.9. The first-order chi connectivity index (χ1) is 50.4. The second-order valence-electron chi connectivity index (χ2n) is 23.6. The zero-order chi connectivity index (χ0) is 69.9. The Morgan fingerprint density at radius 2 is 0.505 bits per heavy atom. The van der Waals surface area contributed by atoms with Crippen molar-refractivity contribution in [1.82, 2.24) is 4.57 Å². The zero-order valence-corrected chi connectivity index (χ0v) is 62.5. The average Bonchev–Trinajstić information content (AvgIpc) is 1.59. The Labute approximate surface area is 625 Å². The van der Waals surface area contributed by atoms with Gasteiger partial charge in [-0.05, 0) is 131 Å². The van der Waals surface area contributed by atoms with Crippen molar-refractivity contribution in [2.45, 2.75) is 13.0 Å². The molecule has 0 saturated carbocycles. The predicted octanol–water partition coefficient (Wildman–Crippen LogP) is 17.9. The van der Waals surface area contributed by atoms with Crippen LogP contribution in [-0.2, 0) is 33.4 Å². The maximum absolute atomic E-state index is 11.9. The minimum atomic E-state index is -0.923. The fraction of sp³-hybridized carbons (Fsp3) is 0.0430. The molecule has 10 heteroatoms. The molecule has 0 unspecified atom stereocenters. The van der Waals surface area contributed by atoms with E-state index in [-0.39, 0.29) is 20.4 Å². The van der Waals surface area contributed by atoms with Gasteiger partial charge >= 0.3 is 5.97 Å². The molecule has 510 valence electrons. The van der Waals surface area contributed by atoms with E-state index >= 15 is 0 Å². The van der Waals surface area contributed by atoms with E-state index in [1.165, 1.54) is 63.7 Å². The third-order valence-electron chi connectivity index (χ3n) is 17.0. The van der Waals surface area contributed by atoms with Crippen LogP contribution in [0.1, 0.15) is 15.9 Å². The van der Waals surface area contributed by atoms with Crippen molar-refractivity contribution >= 4 is 101 Å². The molecule has 14 aromatic carbocycles. The quantitative estimate of drug-likeness (QED) is 0.0774. The van der Waals surface area contributed by atoms with Crippen molar-refractivity contribution in [3.8, 4) is 34.0 Å². The van der Waals surface area contributed by atoms with Crippen LogP contribution in [-0.4, -0.2) is 29.9 Å². The molecule has 1 N–H and O–H groups in total. The Bertz CT molecular complexity index is 4100. The van der Waals surface area contributed by atoms with Gasteiger partial charge in [0.1, 0.15) is 0 Å². The standard InChI is InChI=1S/C21H19NO4.4C18H15P.Pd/c1-25-18-10-14-8-9-22-17(15(14)12-19(18)26-2)11-16(21(23)24)20(22)13-6-4-3-5-7-13;4*1-4-10-16(11-5-1)19(17-12-6-2-7-13-17)18-14-8-3-9-15-18;/h3-7,10-12H,8-9H2,1-2H3,(H,23,24);4*1-15H;. The number of ether oxygens (including phenoxy) is 2. The van der Waals surface area contributed by atoms with Crippen LogP contribution in [0.3, 0.4) is 0 Å². The normalized spacial score (nSPS) is 10.9. The summed E-state index contributed by atoms with van der Waals surface area (Å²) < 4.78 is 12.9. The molecule has 1 aromatic heterocycles. The summed E-state index contributed by atoms with van der Waals surface area (Å²) in [6.45, 7) is 0.718. The molecule has 2 heterocycles. The largest absolute Gasteiger partial charge is 0.493 e. The first-order valence-corrected chi connectivity index (χ1v) is 39.4. The van der Waals surface area contributed by atoms with E-state index in [0.717, 1.165) is 41.0 Å². The molecular weight excluding hydrogens is 1430 g/mol. The van der Waals surface area contributed by atoms with E-state index in [0.29, 0.717) is 17.1 Å². The Kier molecular flexibility index (Phi) is 27.8. The van der Waals surface area contributed by atoms with Crippen molar-refractivity contribution in [3.63, 3.8) is 0 Å². The summed E-state index contributed by atoms with van der Waals surface area (Å²) >= 11 is 0. The monoisotopic (exact) mass is 1500 g/mol. The van der Waals surface area contributed by atoms with Gasteiger partial charge in [-0.15, -0.1) is 0 Å². The Morgan fingerprint density at radius 1 is 0.301 bits per heavy atom. The average molecular weight is 1500 g/mol. The van der Waals surface area contributed by atoms with Crippen LogP contribution in [0.2, 0.25) is 0 Å². The zero-order valence-electron chi connectivity index (χ0n) is 57.4. The first-order valence-electron chi connectivity index (χ1n) is 34.0. The third-order valence-corrected chi connectivity index (χ3v) is 26.8. The number of fused-ring (bicyclic) bond motifs is 3. The Hall–Kier alpha value is -10.2. The smallest absolute Gasteiger partial charge is 0.337 e. The van der Waals surface area contributed by atoms with Crippen LogP contribution in [0, 0.1) is 0 Å². The molecule has 15 aromatic rings. The summed E-state index contributed by atoms with van der Waals surface area (Å²) in [5.74, 6) is 0.403. The molecular formula is C93H79NO4P4Pd. The first kappa shape index (κ1) is 74.0. The predicted molar refractivity (Wildman–Crippen MR) is 440 cm³/mol. The second-order valence-corrected chi connectivity index (χ2v) is 32.5. The number of carboxylic acid groups (broad SMARTS) is 1. The second kappa shape index (κ2) is 38.7. The maximum atomic E-state index is 11.9. The topological polar surface area (TPSA) is 60.7 Å². The van der Waals surface area contributed by atoms with Gasteiger partial charge in [0.05, 0.1) is 25.5 Å². The molecule has 0 atom stereocenters.